The summed E-state index contributed by atoms with van der Waals surface area (Å²) in [4.78, 5) is 22.2. The van der Waals surface area contributed by atoms with Gasteiger partial charge in [0.25, 0.3) is 0 Å². The molecule has 1 atom stereocenters. The zero-order chi connectivity index (χ0) is 13.8. The highest BCUT2D eigenvalue weighted by atomic mass is 35.5. The number of hydrogen-bond donors (Lipinski definition) is 3. The number of halogens is 1. The van der Waals surface area contributed by atoms with Gasteiger partial charge in [-0.1, -0.05) is 12.1 Å². The van der Waals surface area contributed by atoms with Gasteiger partial charge in [-0.05, 0) is 17.7 Å². The third-order valence-electron chi connectivity index (χ3n) is 1.99. The standard InChI is InChI=1S/C11H12ClNO4/c12-6-10(15)13-9(11(16)17)5-7-1-3-8(14)4-2-7/h1-4,9,14H,5-6H2,(H,13,15)(H,16,17)/t9-/m0/s1/i9D. The summed E-state index contributed by atoms with van der Waals surface area (Å²) >= 11 is 5.27. The first-order valence-electron chi connectivity index (χ1n) is 5.25. The minimum absolute atomic E-state index is 0.0365. The second kappa shape index (κ2) is 6.10. The van der Waals surface area contributed by atoms with Crippen molar-refractivity contribution in [3.05, 3.63) is 29.8 Å². The molecule has 0 aliphatic rings. The molecule has 1 aromatic rings. The molecule has 0 unspecified atom stereocenters. The molecule has 17 heavy (non-hydrogen) atoms. The van der Waals surface area contributed by atoms with Gasteiger partial charge in [-0.2, -0.15) is 0 Å². The van der Waals surface area contributed by atoms with Gasteiger partial charge in [0.15, 0.2) is 0 Å². The maximum Gasteiger partial charge on any atom is 0.326 e. The lowest BCUT2D eigenvalue weighted by Gasteiger charge is -2.13. The van der Waals surface area contributed by atoms with E-state index in [4.69, 9.17) is 23.2 Å². The fourth-order valence-electron chi connectivity index (χ4n) is 1.19. The molecule has 0 spiro atoms. The van der Waals surface area contributed by atoms with Crippen LogP contribution in [-0.2, 0) is 16.0 Å². The molecule has 0 saturated carbocycles. The number of carboxylic acids is 1. The predicted octanol–water partition coefficient (Wildman–Crippen LogP) is 0.743. The Morgan fingerprint density at radius 2 is 2.00 bits per heavy atom. The number of hydrogen-bond acceptors (Lipinski definition) is 3. The van der Waals surface area contributed by atoms with Gasteiger partial charge < -0.3 is 15.5 Å². The molecule has 1 rings (SSSR count). The predicted molar refractivity (Wildman–Crippen MR) is 62.1 cm³/mol. The molecule has 92 valence electrons. The van der Waals surface area contributed by atoms with Crippen molar-refractivity contribution >= 4 is 23.5 Å². The van der Waals surface area contributed by atoms with E-state index >= 15 is 0 Å². The maximum atomic E-state index is 11.1. The number of aromatic hydroxyl groups is 1. The molecule has 0 aromatic heterocycles. The van der Waals surface area contributed by atoms with Gasteiger partial charge in [0.1, 0.15) is 17.6 Å². The minimum Gasteiger partial charge on any atom is -0.508 e. The molecule has 5 nitrogen and oxygen atoms in total. The molecule has 1 aromatic carbocycles. The molecule has 0 aliphatic heterocycles. The Balaban J connectivity index is 2.89. The lowest BCUT2D eigenvalue weighted by Crippen LogP contribution is -2.42. The summed E-state index contributed by atoms with van der Waals surface area (Å²) in [6, 6.07) is 3.54. The molecule has 3 N–H and O–H groups in total. The number of benzene rings is 1. The van der Waals surface area contributed by atoms with Gasteiger partial charge in [-0.15, -0.1) is 11.6 Å². The molecule has 0 bridgehead atoms. The number of amides is 1. The van der Waals surface area contributed by atoms with Crippen LogP contribution in [0.2, 0.25) is 0 Å². The lowest BCUT2D eigenvalue weighted by atomic mass is 10.1. The molecule has 0 radical (unpaired) electrons. The topological polar surface area (TPSA) is 86.6 Å². The molecule has 0 saturated heterocycles. The van der Waals surface area contributed by atoms with Crippen molar-refractivity contribution in [3.8, 4) is 5.75 Å². The highest BCUT2D eigenvalue weighted by Gasteiger charge is 2.19. The summed E-state index contributed by atoms with van der Waals surface area (Å²) in [5.41, 5.74) is 0.500. The quantitative estimate of drug-likeness (QED) is 0.680. The van der Waals surface area contributed by atoms with Crippen molar-refractivity contribution < 1.29 is 21.2 Å². The van der Waals surface area contributed by atoms with Crippen molar-refractivity contribution in [2.45, 2.75) is 12.4 Å². The summed E-state index contributed by atoms with van der Waals surface area (Å²) in [5.74, 6) is -2.58. The molecule has 1 amide bonds. The molecule has 0 aliphatic carbocycles. The largest absolute Gasteiger partial charge is 0.508 e. The van der Waals surface area contributed by atoms with Crippen LogP contribution in [0.25, 0.3) is 0 Å². The lowest BCUT2D eigenvalue weighted by molar-refractivity contribution is -0.141. The van der Waals surface area contributed by atoms with Gasteiger partial charge >= 0.3 is 5.97 Å². The average Bonchev–Trinajstić information content (AvgIpc) is 2.31. The minimum atomic E-state index is -2.18. The van der Waals surface area contributed by atoms with Crippen LogP contribution in [0.3, 0.4) is 0 Å². The van der Waals surface area contributed by atoms with Crippen molar-refractivity contribution in [3.63, 3.8) is 0 Å². The highest BCUT2D eigenvalue weighted by molar-refractivity contribution is 6.27. The number of aliphatic carboxylic acids is 1. The second-order valence-electron chi connectivity index (χ2n) is 3.31. The van der Waals surface area contributed by atoms with E-state index in [1.807, 2.05) is 5.32 Å². The number of phenols is 1. The fourth-order valence-corrected chi connectivity index (χ4v) is 1.26. The Hall–Kier alpha value is -1.75. The first kappa shape index (κ1) is 11.7. The molecular formula is C11H12ClNO4. The Kier molecular flexibility index (Phi) is 4.21. The number of rotatable bonds is 5. The summed E-state index contributed by atoms with van der Waals surface area (Å²) < 4.78 is 7.75. The molecule has 6 heteroatoms. The smallest absolute Gasteiger partial charge is 0.326 e. The van der Waals surface area contributed by atoms with Crippen molar-refractivity contribution in [2.24, 2.45) is 0 Å². The van der Waals surface area contributed by atoms with E-state index in [-0.39, 0.29) is 12.2 Å². The zero-order valence-corrected chi connectivity index (χ0v) is 9.57. The average molecular weight is 259 g/mol. The van der Waals surface area contributed by atoms with Gasteiger partial charge in [0.2, 0.25) is 5.91 Å². The van der Waals surface area contributed by atoms with Crippen LogP contribution in [0.1, 0.15) is 6.93 Å². The van der Waals surface area contributed by atoms with E-state index in [2.05, 4.69) is 0 Å². The number of carbonyl (C=O) groups is 2. The SMILES string of the molecule is [2H][C@@](Cc1ccc(O)cc1)(NC(=O)CCl)C(=O)O. The number of phenolic OH excluding ortho intramolecular Hbond substituents is 1. The van der Waals surface area contributed by atoms with Gasteiger partial charge in [0.05, 0.1) is 1.37 Å². The third kappa shape index (κ3) is 4.32. The summed E-state index contributed by atoms with van der Waals surface area (Å²) in [7, 11) is 0. The van der Waals surface area contributed by atoms with E-state index in [1.165, 1.54) is 24.3 Å². The van der Waals surface area contributed by atoms with E-state index in [1.54, 1.807) is 0 Å². The van der Waals surface area contributed by atoms with E-state index in [0.717, 1.165) is 0 Å². The Labute approximate surface area is 104 Å². The maximum absolute atomic E-state index is 11.1. The van der Waals surface area contributed by atoms with Crippen LogP contribution in [0.15, 0.2) is 24.3 Å². The fraction of sp³-hybridized carbons (Fsp3) is 0.273. The Morgan fingerprint density at radius 1 is 1.41 bits per heavy atom. The summed E-state index contributed by atoms with van der Waals surface area (Å²) in [6.07, 6.45) is -0.231. The molecular weight excluding hydrogens is 246 g/mol. The van der Waals surface area contributed by atoms with Crippen LogP contribution in [-0.4, -0.2) is 34.0 Å². The number of alkyl halides is 1. The van der Waals surface area contributed by atoms with E-state index in [9.17, 15) is 9.59 Å². The summed E-state index contributed by atoms with van der Waals surface area (Å²) in [5, 5.41) is 20.1. The van der Waals surface area contributed by atoms with Crippen LogP contribution < -0.4 is 5.32 Å². The van der Waals surface area contributed by atoms with Crippen molar-refractivity contribution in [2.75, 3.05) is 5.88 Å². The van der Waals surface area contributed by atoms with Gasteiger partial charge in [0, 0.05) is 6.42 Å². The van der Waals surface area contributed by atoms with E-state index in [0.29, 0.717) is 5.56 Å². The number of carbonyl (C=O) groups excluding carboxylic acids is 1. The first-order chi connectivity index (χ1) is 8.37. The first-order valence-corrected chi connectivity index (χ1v) is 5.29. The van der Waals surface area contributed by atoms with E-state index < -0.39 is 23.8 Å². The van der Waals surface area contributed by atoms with Crippen molar-refractivity contribution in [1.82, 2.24) is 5.32 Å². The zero-order valence-electron chi connectivity index (χ0n) is 9.81. The highest BCUT2D eigenvalue weighted by Crippen LogP contribution is 2.11. The second-order valence-corrected chi connectivity index (χ2v) is 3.58. The van der Waals surface area contributed by atoms with Gasteiger partial charge in [-0.3, -0.25) is 4.79 Å². The van der Waals surface area contributed by atoms with Crippen LogP contribution in [0, 0.1) is 0 Å². The van der Waals surface area contributed by atoms with Crippen LogP contribution >= 0.6 is 11.6 Å². The number of carboxylic acid groups (broad SMARTS) is 1. The van der Waals surface area contributed by atoms with Crippen LogP contribution in [0.5, 0.6) is 5.75 Å². The molecule has 0 fully saturated rings. The molecule has 0 heterocycles. The summed E-state index contributed by atoms with van der Waals surface area (Å²) in [6.45, 7) is 0. The van der Waals surface area contributed by atoms with Crippen molar-refractivity contribution in [1.29, 1.82) is 0 Å². The third-order valence-corrected chi connectivity index (χ3v) is 2.23. The Morgan fingerprint density at radius 3 is 2.47 bits per heavy atom. The monoisotopic (exact) mass is 258 g/mol. The normalized spacial score (nSPS) is 14.5. The Bertz CT molecular complexity index is 451. The number of nitrogens with one attached hydrogen (secondary N) is 1. The van der Waals surface area contributed by atoms with Crippen LogP contribution in [0.4, 0.5) is 0 Å². The van der Waals surface area contributed by atoms with Gasteiger partial charge in [-0.25, -0.2) is 4.79 Å².